The Hall–Kier alpha value is -1.49. The van der Waals surface area contributed by atoms with E-state index in [0.29, 0.717) is 38.3 Å². The van der Waals surface area contributed by atoms with E-state index in [1.807, 2.05) is 43.1 Å². The first-order chi connectivity index (χ1) is 16.8. The Kier molecular flexibility index (Phi) is 11.0. The highest BCUT2D eigenvalue weighted by molar-refractivity contribution is 7.58. The van der Waals surface area contributed by atoms with E-state index < -0.39 is 7.44 Å². The van der Waals surface area contributed by atoms with Crippen LogP contribution in [0.25, 0.3) is 0 Å². The topological polar surface area (TPSA) is 42.0 Å². The van der Waals surface area contributed by atoms with Crippen LogP contribution in [0.3, 0.4) is 0 Å². The maximum Gasteiger partial charge on any atom is 0.214 e. The second kappa shape index (κ2) is 13.7. The van der Waals surface area contributed by atoms with Gasteiger partial charge in [0.25, 0.3) is 0 Å². The van der Waals surface area contributed by atoms with Crippen molar-refractivity contribution < 1.29 is 14.0 Å². The largest absolute Gasteiger partial charge is 0.375 e. The molecule has 0 radical (unpaired) electrons. The predicted octanol–water partition coefficient (Wildman–Crippen LogP) is 6.69. The second-order valence-corrected chi connectivity index (χ2v) is 13.2. The van der Waals surface area contributed by atoms with Crippen LogP contribution in [0.1, 0.15) is 51.7 Å². The van der Waals surface area contributed by atoms with Gasteiger partial charge in [-0.3, -0.25) is 4.57 Å². The van der Waals surface area contributed by atoms with E-state index in [1.165, 1.54) is 11.1 Å². The van der Waals surface area contributed by atoms with Crippen molar-refractivity contribution in [3.8, 4) is 0 Å². The number of ether oxygens (including phenoxy) is 2. The van der Waals surface area contributed by atoms with E-state index in [9.17, 15) is 4.57 Å². The van der Waals surface area contributed by atoms with Crippen molar-refractivity contribution in [3.05, 3.63) is 71.8 Å². The van der Waals surface area contributed by atoms with E-state index in [4.69, 9.17) is 9.47 Å². The monoisotopic (exact) mass is 500 g/mol. The molecule has 2 aromatic carbocycles. The first kappa shape index (κ1) is 28.1. The first-order valence-electron chi connectivity index (χ1n) is 13.2. The summed E-state index contributed by atoms with van der Waals surface area (Å²) in [6, 6.07) is 20.8. The lowest BCUT2D eigenvalue weighted by Gasteiger charge is -2.44. The standard InChI is InChI=1S/C29H45N2O3P/c1-24(2)28(22-33-20-26-14-8-6-9-15-26)30-18-12-13-19-31(35(30,5)32)29(25(3)4)23-34-21-27-16-10-7-11-17-27/h6-11,14-17,24-25,28-29H,12-13,18-23H2,1-5H3. The maximum atomic E-state index is 14.6. The zero-order chi connectivity index (χ0) is 25.3. The highest BCUT2D eigenvalue weighted by Crippen LogP contribution is 2.55. The van der Waals surface area contributed by atoms with Crippen LogP contribution >= 0.6 is 7.44 Å². The summed E-state index contributed by atoms with van der Waals surface area (Å²) in [5.74, 6) is 0.677. The van der Waals surface area contributed by atoms with Crippen LogP contribution < -0.4 is 0 Å². The molecule has 0 aliphatic carbocycles. The van der Waals surface area contributed by atoms with Gasteiger partial charge >= 0.3 is 0 Å². The van der Waals surface area contributed by atoms with Gasteiger partial charge in [0.15, 0.2) is 0 Å². The molecule has 0 aromatic heterocycles. The number of nitrogens with zero attached hydrogens (tertiary/aromatic N) is 2. The summed E-state index contributed by atoms with van der Waals surface area (Å²) < 4.78 is 31.5. The van der Waals surface area contributed by atoms with Gasteiger partial charge in [-0.25, -0.2) is 9.34 Å². The first-order valence-corrected chi connectivity index (χ1v) is 15.2. The summed E-state index contributed by atoms with van der Waals surface area (Å²) in [6.07, 6.45) is 2.10. The average Bonchev–Trinajstić information content (AvgIpc) is 2.98. The molecule has 2 atom stereocenters. The molecule has 0 spiro atoms. The van der Waals surface area contributed by atoms with Crippen LogP contribution in [0, 0.1) is 11.8 Å². The highest BCUT2D eigenvalue weighted by atomic mass is 31.2. The molecule has 1 saturated heterocycles. The SMILES string of the molecule is CC(C)C(COCc1ccccc1)N1CCCCN(C(COCc2ccccc2)C(C)C)P1(C)=O. The van der Waals surface area contributed by atoms with Crippen LogP contribution in [0.2, 0.25) is 0 Å². The minimum atomic E-state index is -2.79. The van der Waals surface area contributed by atoms with Gasteiger partial charge in [0, 0.05) is 31.8 Å². The Labute approximate surface area is 213 Å². The van der Waals surface area contributed by atoms with Gasteiger partial charge < -0.3 is 9.47 Å². The lowest BCUT2D eigenvalue weighted by Crippen LogP contribution is -2.47. The molecule has 1 aliphatic rings. The third kappa shape index (κ3) is 8.00. The fourth-order valence-electron chi connectivity index (χ4n) is 4.94. The smallest absolute Gasteiger partial charge is 0.214 e. The van der Waals surface area contributed by atoms with E-state index >= 15 is 0 Å². The Morgan fingerprint density at radius 1 is 0.714 bits per heavy atom. The Morgan fingerprint density at radius 3 is 1.43 bits per heavy atom. The van der Waals surface area contributed by atoms with Gasteiger partial charge in [0.2, 0.25) is 7.44 Å². The third-order valence-corrected chi connectivity index (χ3v) is 9.98. The summed E-state index contributed by atoms with van der Waals surface area (Å²) in [7, 11) is -2.79. The highest BCUT2D eigenvalue weighted by Gasteiger charge is 2.43. The molecule has 194 valence electrons. The van der Waals surface area contributed by atoms with Gasteiger partial charge in [-0.15, -0.1) is 0 Å². The van der Waals surface area contributed by atoms with Crippen molar-refractivity contribution in [1.82, 2.24) is 9.34 Å². The Balaban J connectivity index is 1.71. The summed E-state index contributed by atoms with van der Waals surface area (Å²) >= 11 is 0. The van der Waals surface area contributed by atoms with Gasteiger partial charge in [-0.2, -0.15) is 0 Å². The maximum absolute atomic E-state index is 14.6. The molecule has 0 bridgehead atoms. The fraction of sp³-hybridized carbons (Fsp3) is 0.586. The normalized spacial score (nSPS) is 21.8. The van der Waals surface area contributed by atoms with Crippen molar-refractivity contribution in [2.24, 2.45) is 11.8 Å². The molecular weight excluding hydrogens is 455 g/mol. The van der Waals surface area contributed by atoms with Crippen molar-refractivity contribution in [1.29, 1.82) is 0 Å². The second-order valence-electron chi connectivity index (χ2n) is 10.5. The van der Waals surface area contributed by atoms with Crippen molar-refractivity contribution >= 4 is 7.44 Å². The molecule has 0 saturated carbocycles. The third-order valence-electron chi connectivity index (χ3n) is 7.08. The summed E-state index contributed by atoms with van der Waals surface area (Å²) in [6.45, 7) is 14.8. The zero-order valence-corrected chi connectivity index (χ0v) is 23.2. The number of benzene rings is 2. The van der Waals surface area contributed by atoms with E-state index in [2.05, 4.69) is 61.3 Å². The molecule has 35 heavy (non-hydrogen) atoms. The van der Waals surface area contributed by atoms with Crippen molar-refractivity contribution in [2.45, 2.75) is 65.8 Å². The van der Waals surface area contributed by atoms with E-state index in [1.54, 1.807) is 0 Å². The van der Waals surface area contributed by atoms with Crippen LogP contribution in [-0.4, -0.2) is 54.4 Å². The van der Waals surface area contributed by atoms with Crippen LogP contribution in [0.15, 0.2) is 60.7 Å². The van der Waals surface area contributed by atoms with Crippen LogP contribution in [0.4, 0.5) is 0 Å². The zero-order valence-electron chi connectivity index (χ0n) is 22.3. The minimum Gasteiger partial charge on any atom is -0.375 e. The molecule has 2 aromatic rings. The van der Waals surface area contributed by atoms with E-state index in [-0.39, 0.29) is 12.1 Å². The van der Waals surface area contributed by atoms with Crippen LogP contribution in [0.5, 0.6) is 0 Å². The van der Waals surface area contributed by atoms with Gasteiger partial charge in [-0.1, -0.05) is 88.4 Å². The summed E-state index contributed by atoms with van der Waals surface area (Å²) in [5, 5.41) is 0. The number of hydrogen-bond donors (Lipinski definition) is 0. The fourth-order valence-corrected chi connectivity index (χ4v) is 8.02. The molecule has 1 heterocycles. The summed E-state index contributed by atoms with van der Waals surface area (Å²) in [5.41, 5.74) is 2.34. The predicted molar refractivity (Wildman–Crippen MR) is 146 cm³/mol. The lowest BCUT2D eigenvalue weighted by molar-refractivity contribution is 0.0484. The molecule has 1 aliphatic heterocycles. The quantitative estimate of drug-likeness (QED) is 0.304. The molecule has 5 nitrogen and oxygen atoms in total. The molecule has 2 unspecified atom stereocenters. The number of hydrogen-bond acceptors (Lipinski definition) is 3. The van der Waals surface area contributed by atoms with Gasteiger partial charge in [0.05, 0.1) is 26.4 Å². The average molecular weight is 501 g/mol. The molecule has 0 N–H and O–H groups in total. The number of rotatable bonds is 12. The Morgan fingerprint density at radius 2 is 1.09 bits per heavy atom. The van der Waals surface area contributed by atoms with Crippen molar-refractivity contribution in [3.63, 3.8) is 0 Å². The molecule has 1 fully saturated rings. The molecule has 6 heteroatoms. The lowest BCUT2D eigenvalue weighted by atomic mass is 10.0. The van der Waals surface area contributed by atoms with Crippen LogP contribution in [-0.2, 0) is 27.3 Å². The molecular formula is C29H45N2O3P. The minimum absolute atomic E-state index is 0.105. The molecule has 3 rings (SSSR count). The van der Waals surface area contributed by atoms with Gasteiger partial charge in [0.1, 0.15) is 0 Å². The Bertz CT molecular complexity index is 835. The molecule has 0 amide bonds. The van der Waals surface area contributed by atoms with E-state index in [0.717, 1.165) is 25.9 Å². The van der Waals surface area contributed by atoms with Gasteiger partial charge in [-0.05, 0) is 35.8 Å². The summed E-state index contributed by atoms with van der Waals surface area (Å²) in [4.78, 5) is 0. The van der Waals surface area contributed by atoms with Crippen molar-refractivity contribution in [2.75, 3.05) is 33.0 Å².